The summed E-state index contributed by atoms with van der Waals surface area (Å²) in [7, 11) is 0. The number of ketones is 1. The molecule has 0 bridgehead atoms. The summed E-state index contributed by atoms with van der Waals surface area (Å²) in [4.78, 5) is 14.8. The third-order valence-electron chi connectivity index (χ3n) is 7.12. The molecule has 1 N–H and O–H groups in total. The Hall–Kier alpha value is -4.90. The second kappa shape index (κ2) is 13.2. The number of rotatable bonds is 4. The Bertz CT molecular complexity index is 2130. The minimum Gasteiger partial charge on any atom is -0.512 e. The van der Waals surface area contributed by atoms with E-state index < -0.39 is 0 Å². The summed E-state index contributed by atoms with van der Waals surface area (Å²) in [5.41, 5.74) is 5.45. The van der Waals surface area contributed by atoms with Gasteiger partial charge in [-0.15, -0.1) is 11.6 Å². The maximum Gasteiger partial charge on any atom is 0.155 e. The van der Waals surface area contributed by atoms with Crippen LogP contribution in [0.1, 0.15) is 13.8 Å². The van der Waals surface area contributed by atoms with E-state index in [-0.39, 0.29) is 37.5 Å². The molecule has 0 atom stereocenters. The molecular formula is C38H27FIrNO3-. The first-order chi connectivity index (χ1) is 20.9. The number of halogens is 1. The van der Waals surface area contributed by atoms with Crippen LogP contribution in [0.2, 0.25) is 0 Å². The Kier molecular flexibility index (Phi) is 9.15. The van der Waals surface area contributed by atoms with Crippen LogP contribution in [0.15, 0.2) is 132 Å². The van der Waals surface area contributed by atoms with Gasteiger partial charge in [0.15, 0.2) is 5.78 Å². The van der Waals surface area contributed by atoms with E-state index in [1.165, 1.54) is 26.0 Å². The summed E-state index contributed by atoms with van der Waals surface area (Å²) in [6, 6.07) is 39.0. The van der Waals surface area contributed by atoms with Crippen molar-refractivity contribution < 1.29 is 38.8 Å². The molecule has 44 heavy (non-hydrogen) atoms. The van der Waals surface area contributed by atoms with E-state index in [2.05, 4.69) is 30.3 Å². The summed E-state index contributed by atoms with van der Waals surface area (Å²) in [5.74, 6) is 0.507. The number of carbonyl (C=O) groups excluding carboxylic acids is 1. The molecule has 7 rings (SSSR count). The summed E-state index contributed by atoms with van der Waals surface area (Å²) in [5, 5.41) is 12.7. The number of hydrogen-bond acceptors (Lipinski definition) is 4. The van der Waals surface area contributed by atoms with E-state index in [0.717, 1.165) is 55.3 Å². The normalized spacial score (nSPS) is 11.2. The van der Waals surface area contributed by atoms with Gasteiger partial charge < -0.3 is 14.5 Å². The monoisotopic (exact) mass is 757 g/mol. The third-order valence-corrected chi connectivity index (χ3v) is 7.12. The molecule has 0 saturated carbocycles. The van der Waals surface area contributed by atoms with E-state index in [0.29, 0.717) is 11.0 Å². The Balaban J connectivity index is 0.000000433. The van der Waals surface area contributed by atoms with Gasteiger partial charge in [0.25, 0.3) is 0 Å². The molecule has 0 unspecified atom stereocenters. The smallest absolute Gasteiger partial charge is 0.155 e. The van der Waals surface area contributed by atoms with Crippen molar-refractivity contribution in [1.29, 1.82) is 0 Å². The molecule has 0 amide bonds. The van der Waals surface area contributed by atoms with Crippen LogP contribution in [-0.2, 0) is 24.9 Å². The van der Waals surface area contributed by atoms with Gasteiger partial charge in [0.2, 0.25) is 0 Å². The van der Waals surface area contributed by atoms with Gasteiger partial charge >= 0.3 is 0 Å². The van der Waals surface area contributed by atoms with Gasteiger partial charge in [0.05, 0.1) is 11.3 Å². The number of allylic oxidation sites excluding steroid dienone is 2. The molecule has 7 aromatic rings. The minimum absolute atomic E-state index is 0. The predicted octanol–water partition coefficient (Wildman–Crippen LogP) is 10.1. The molecular weight excluding hydrogens is 730 g/mol. The number of pyridine rings is 1. The molecule has 0 aliphatic heterocycles. The van der Waals surface area contributed by atoms with Crippen molar-refractivity contribution in [2.75, 3.05) is 0 Å². The van der Waals surface area contributed by atoms with E-state index in [1.54, 1.807) is 12.3 Å². The molecule has 0 fully saturated rings. The number of benzene rings is 5. The molecule has 219 valence electrons. The average molecular weight is 757 g/mol. The molecule has 6 heteroatoms. The fourth-order valence-corrected chi connectivity index (χ4v) is 5.29. The van der Waals surface area contributed by atoms with Crippen molar-refractivity contribution in [1.82, 2.24) is 4.98 Å². The Morgan fingerprint density at radius 3 is 2.09 bits per heavy atom. The topological polar surface area (TPSA) is 63.3 Å². The van der Waals surface area contributed by atoms with Crippen molar-refractivity contribution >= 4 is 38.3 Å². The fourth-order valence-electron chi connectivity index (χ4n) is 5.29. The maximum absolute atomic E-state index is 14.5. The second-order valence-corrected chi connectivity index (χ2v) is 10.2. The van der Waals surface area contributed by atoms with Crippen LogP contribution in [-0.4, -0.2) is 15.9 Å². The standard InChI is InChI=1S/C33H19FNO.C5H8O2.Ir/c34-30-13-7-12-24-25-16-17-35-33(27(25)15-14-26(24)30)23-18-28(21-8-3-1-4-9-21)29-20-31(36-32(29)19-23)22-10-5-2-6-11-22;1-4(6)3-5(2)7;/h1-18,20H;3,6H,1-2H3;/q-1;;/b;4-3-;. The Morgan fingerprint density at radius 2 is 1.43 bits per heavy atom. The van der Waals surface area contributed by atoms with Gasteiger partial charge in [-0.3, -0.25) is 4.79 Å². The molecule has 0 saturated heterocycles. The van der Waals surface area contributed by atoms with Crippen molar-refractivity contribution in [3.63, 3.8) is 0 Å². The molecule has 5 aromatic carbocycles. The first-order valence-corrected chi connectivity index (χ1v) is 13.8. The van der Waals surface area contributed by atoms with Crippen LogP contribution in [0.5, 0.6) is 0 Å². The molecule has 4 nitrogen and oxygen atoms in total. The number of aliphatic hydroxyl groups is 1. The van der Waals surface area contributed by atoms with Gasteiger partial charge in [-0.1, -0.05) is 102 Å². The van der Waals surface area contributed by atoms with Crippen molar-refractivity contribution in [2.45, 2.75) is 13.8 Å². The zero-order valence-electron chi connectivity index (χ0n) is 24.0. The van der Waals surface area contributed by atoms with Gasteiger partial charge in [-0.2, -0.15) is 0 Å². The molecule has 2 aromatic heterocycles. The zero-order chi connectivity index (χ0) is 29.9. The summed E-state index contributed by atoms with van der Waals surface area (Å²) in [6.07, 6.45) is 2.94. The zero-order valence-corrected chi connectivity index (χ0v) is 26.4. The van der Waals surface area contributed by atoms with Crippen LogP contribution < -0.4 is 0 Å². The average Bonchev–Trinajstić information content (AvgIpc) is 3.45. The summed E-state index contributed by atoms with van der Waals surface area (Å²) < 4.78 is 20.8. The second-order valence-electron chi connectivity index (χ2n) is 10.2. The van der Waals surface area contributed by atoms with Gasteiger partial charge in [0.1, 0.15) is 11.6 Å². The van der Waals surface area contributed by atoms with E-state index in [1.807, 2.05) is 72.8 Å². The van der Waals surface area contributed by atoms with E-state index >= 15 is 0 Å². The first kappa shape index (κ1) is 30.6. The largest absolute Gasteiger partial charge is 0.512 e. The Morgan fingerprint density at radius 1 is 0.773 bits per heavy atom. The van der Waals surface area contributed by atoms with Crippen molar-refractivity contribution in [3.05, 3.63) is 139 Å². The molecule has 0 aliphatic rings. The molecule has 2 heterocycles. The predicted molar refractivity (Wildman–Crippen MR) is 171 cm³/mol. The van der Waals surface area contributed by atoms with Crippen LogP contribution in [0.4, 0.5) is 4.39 Å². The number of aromatic nitrogens is 1. The number of hydrogen-bond donors (Lipinski definition) is 1. The summed E-state index contributed by atoms with van der Waals surface area (Å²) in [6.45, 7) is 2.85. The van der Waals surface area contributed by atoms with Crippen LogP contribution >= 0.6 is 0 Å². The maximum atomic E-state index is 14.5. The minimum atomic E-state index is -0.226. The van der Waals surface area contributed by atoms with Crippen LogP contribution in [0.3, 0.4) is 0 Å². The van der Waals surface area contributed by atoms with Gasteiger partial charge in [-0.05, 0) is 59.5 Å². The Labute approximate surface area is 267 Å². The van der Waals surface area contributed by atoms with E-state index in [4.69, 9.17) is 14.5 Å². The van der Waals surface area contributed by atoms with Crippen molar-refractivity contribution in [2.24, 2.45) is 0 Å². The number of aliphatic hydroxyl groups excluding tert-OH is 1. The molecule has 0 spiro atoms. The van der Waals surface area contributed by atoms with Gasteiger partial charge in [0, 0.05) is 43.3 Å². The van der Waals surface area contributed by atoms with Crippen LogP contribution in [0.25, 0.3) is 66.2 Å². The third kappa shape index (κ3) is 6.23. The van der Waals surface area contributed by atoms with Crippen molar-refractivity contribution in [3.8, 4) is 33.7 Å². The molecule has 0 aliphatic carbocycles. The summed E-state index contributed by atoms with van der Waals surface area (Å²) >= 11 is 0. The fraction of sp³-hybridized carbons (Fsp3) is 0.0526. The number of furan rings is 1. The number of nitrogens with zero attached hydrogens (tertiary/aromatic N) is 1. The number of carbonyl (C=O) groups is 1. The molecule has 1 radical (unpaired) electrons. The SMILES string of the molecule is CC(=O)/C=C(/C)O.Fc1cccc2c1ccc1c(-c3[c-]c4oc(-c5ccccc5)cc4c(-c4ccccc4)c3)nccc12.[Ir]. The van der Waals surface area contributed by atoms with E-state index in [9.17, 15) is 9.18 Å². The number of fused-ring (bicyclic) bond motifs is 4. The van der Waals surface area contributed by atoms with Gasteiger partial charge in [-0.25, -0.2) is 4.39 Å². The first-order valence-electron chi connectivity index (χ1n) is 13.8. The quantitative estimate of drug-likeness (QED) is 0.0841. The van der Waals surface area contributed by atoms with Crippen LogP contribution in [0, 0.1) is 11.9 Å².